The molecular weight excluding hydrogens is 396 g/mol. The smallest absolute Gasteiger partial charge is 0.339 e. The van der Waals surface area contributed by atoms with Gasteiger partial charge in [-0.25, -0.2) is 19.7 Å². The fourth-order valence-electron chi connectivity index (χ4n) is 3.28. The van der Waals surface area contributed by atoms with Gasteiger partial charge in [0.05, 0.1) is 22.5 Å². The van der Waals surface area contributed by atoms with E-state index in [4.69, 9.17) is 4.74 Å². The van der Waals surface area contributed by atoms with E-state index in [1.807, 2.05) is 0 Å². The number of nitrogens with zero attached hydrogens (tertiary/aromatic N) is 6. The van der Waals surface area contributed by atoms with Crippen LogP contribution < -0.4 is 9.80 Å². The molecule has 1 aliphatic heterocycles. The molecule has 0 saturated carbocycles. The zero-order valence-electron chi connectivity index (χ0n) is 15.6. The van der Waals surface area contributed by atoms with Crippen molar-refractivity contribution < 1.29 is 14.5 Å². The van der Waals surface area contributed by atoms with Gasteiger partial charge in [0, 0.05) is 37.6 Å². The molecule has 0 amide bonds. The minimum absolute atomic E-state index is 0.0280. The van der Waals surface area contributed by atoms with Gasteiger partial charge >= 0.3 is 5.97 Å². The molecule has 29 heavy (non-hydrogen) atoms. The fourth-order valence-corrected chi connectivity index (χ4v) is 4.15. The first-order valence-electron chi connectivity index (χ1n) is 9.08. The van der Waals surface area contributed by atoms with Gasteiger partial charge in [0.15, 0.2) is 0 Å². The fraction of sp³-hybridized carbons (Fsp3) is 0.333. The molecule has 4 heterocycles. The maximum Gasteiger partial charge on any atom is 0.339 e. The molecule has 11 heteroatoms. The predicted molar refractivity (Wildman–Crippen MR) is 109 cm³/mol. The number of hydrogen-bond donors (Lipinski definition) is 0. The number of anilines is 2. The zero-order valence-corrected chi connectivity index (χ0v) is 16.5. The normalized spacial score (nSPS) is 14.2. The Morgan fingerprint density at radius 3 is 2.62 bits per heavy atom. The van der Waals surface area contributed by atoms with Crippen LogP contribution in [-0.2, 0) is 4.74 Å². The molecule has 3 aromatic heterocycles. The van der Waals surface area contributed by atoms with Crippen molar-refractivity contribution in [3.05, 3.63) is 45.7 Å². The third-order valence-corrected chi connectivity index (χ3v) is 5.58. The van der Waals surface area contributed by atoms with Crippen molar-refractivity contribution >= 4 is 44.8 Å². The van der Waals surface area contributed by atoms with Gasteiger partial charge in [0.2, 0.25) is 0 Å². The highest BCUT2D eigenvalue weighted by Crippen LogP contribution is 2.32. The molecule has 10 nitrogen and oxygen atoms in total. The number of thiophene rings is 1. The van der Waals surface area contributed by atoms with Crippen LogP contribution in [0.15, 0.2) is 30.0 Å². The number of piperazine rings is 1. The van der Waals surface area contributed by atoms with Crippen molar-refractivity contribution in [2.45, 2.75) is 6.92 Å². The first kappa shape index (κ1) is 19.0. The summed E-state index contributed by atoms with van der Waals surface area (Å²) in [6, 6.07) is 3.12. The van der Waals surface area contributed by atoms with Crippen LogP contribution in [0.3, 0.4) is 0 Å². The van der Waals surface area contributed by atoms with Crippen LogP contribution in [0, 0.1) is 10.1 Å². The summed E-state index contributed by atoms with van der Waals surface area (Å²) in [6.07, 6.45) is 2.78. The molecule has 0 spiro atoms. The Kier molecular flexibility index (Phi) is 5.21. The van der Waals surface area contributed by atoms with Crippen LogP contribution in [0.1, 0.15) is 17.3 Å². The number of ether oxygens (including phenoxy) is 1. The summed E-state index contributed by atoms with van der Waals surface area (Å²) in [6.45, 7) is 4.77. The van der Waals surface area contributed by atoms with Gasteiger partial charge in [-0.3, -0.25) is 10.1 Å². The van der Waals surface area contributed by atoms with E-state index in [1.165, 1.54) is 29.9 Å². The van der Waals surface area contributed by atoms with Gasteiger partial charge in [-0.2, -0.15) is 0 Å². The predicted octanol–water partition coefficient (Wildman–Crippen LogP) is 2.50. The van der Waals surface area contributed by atoms with Gasteiger partial charge in [0.25, 0.3) is 5.69 Å². The third-order valence-electron chi connectivity index (χ3n) is 4.69. The van der Waals surface area contributed by atoms with E-state index in [0.717, 1.165) is 16.0 Å². The first-order chi connectivity index (χ1) is 14.1. The summed E-state index contributed by atoms with van der Waals surface area (Å²) < 4.78 is 5.17. The quantitative estimate of drug-likeness (QED) is 0.353. The summed E-state index contributed by atoms with van der Waals surface area (Å²) in [7, 11) is 0. The molecular formula is C18H18N6O4S. The highest BCUT2D eigenvalue weighted by molar-refractivity contribution is 7.17. The Labute approximate surface area is 169 Å². The summed E-state index contributed by atoms with van der Waals surface area (Å²) in [5.41, 5.74) is 0.460. The SMILES string of the molecule is CCOC(=O)c1csc2ncnc(N3CCN(c4ccc([N+](=O)[O-])cn4)CC3)c12. The third kappa shape index (κ3) is 3.68. The second kappa shape index (κ2) is 7.95. The lowest BCUT2D eigenvalue weighted by molar-refractivity contribution is -0.385. The van der Waals surface area contributed by atoms with Crippen molar-refractivity contribution in [1.82, 2.24) is 15.0 Å². The van der Waals surface area contributed by atoms with Gasteiger partial charge < -0.3 is 14.5 Å². The van der Waals surface area contributed by atoms with Crippen LogP contribution in [0.25, 0.3) is 10.2 Å². The molecule has 4 rings (SSSR count). The molecule has 150 valence electrons. The molecule has 1 fully saturated rings. The van der Waals surface area contributed by atoms with Crippen molar-refractivity contribution in [3.8, 4) is 0 Å². The van der Waals surface area contributed by atoms with E-state index in [-0.39, 0.29) is 11.7 Å². The van der Waals surface area contributed by atoms with Crippen LogP contribution in [0.5, 0.6) is 0 Å². The van der Waals surface area contributed by atoms with Gasteiger partial charge in [-0.1, -0.05) is 0 Å². The van der Waals surface area contributed by atoms with E-state index in [0.29, 0.717) is 44.2 Å². The Hall–Kier alpha value is -3.34. The van der Waals surface area contributed by atoms with Crippen LogP contribution in [0.4, 0.5) is 17.3 Å². The van der Waals surface area contributed by atoms with E-state index in [9.17, 15) is 14.9 Å². The van der Waals surface area contributed by atoms with E-state index in [1.54, 1.807) is 18.4 Å². The average Bonchev–Trinajstić information content (AvgIpc) is 3.19. The number of fused-ring (bicyclic) bond motifs is 1. The largest absolute Gasteiger partial charge is 0.462 e. The zero-order chi connectivity index (χ0) is 20.4. The van der Waals surface area contributed by atoms with Gasteiger partial charge in [-0.15, -0.1) is 11.3 Å². The Morgan fingerprint density at radius 2 is 1.97 bits per heavy atom. The lowest BCUT2D eigenvalue weighted by atomic mass is 10.2. The van der Waals surface area contributed by atoms with E-state index >= 15 is 0 Å². The van der Waals surface area contributed by atoms with Crippen LogP contribution in [-0.4, -0.2) is 58.6 Å². The van der Waals surface area contributed by atoms with Crippen LogP contribution in [0.2, 0.25) is 0 Å². The Morgan fingerprint density at radius 1 is 1.21 bits per heavy atom. The van der Waals surface area contributed by atoms with E-state index in [2.05, 4.69) is 24.8 Å². The standard InChI is InChI=1S/C18H18N6O4S/c1-2-28-18(25)13-10-29-17-15(13)16(20-11-21-17)23-7-5-22(6-8-23)14-4-3-12(9-19-14)24(26)27/h3-4,9-11H,2,5-8H2,1H3. The summed E-state index contributed by atoms with van der Waals surface area (Å²) in [5.74, 6) is 1.05. The maximum absolute atomic E-state index is 12.3. The molecule has 0 unspecified atom stereocenters. The molecule has 0 aromatic carbocycles. The van der Waals surface area contributed by atoms with Crippen LogP contribution >= 0.6 is 11.3 Å². The van der Waals surface area contributed by atoms with Crippen molar-refractivity contribution in [2.75, 3.05) is 42.6 Å². The first-order valence-corrected chi connectivity index (χ1v) is 9.96. The molecule has 0 N–H and O–H groups in total. The molecule has 3 aromatic rings. The molecule has 0 atom stereocenters. The van der Waals surface area contributed by atoms with Crippen molar-refractivity contribution in [1.29, 1.82) is 0 Å². The minimum atomic E-state index is -0.461. The summed E-state index contributed by atoms with van der Waals surface area (Å²) in [4.78, 5) is 40.5. The second-order valence-electron chi connectivity index (χ2n) is 6.35. The molecule has 1 aliphatic rings. The lowest BCUT2D eigenvalue weighted by Crippen LogP contribution is -2.47. The monoisotopic (exact) mass is 414 g/mol. The van der Waals surface area contributed by atoms with Gasteiger partial charge in [-0.05, 0) is 13.0 Å². The lowest BCUT2D eigenvalue weighted by Gasteiger charge is -2.36. The number of carbonyl (C=O) groups excluding carboxylic acids is 1. The number of nitro groups is 1. The number of esters is 1. The molecule has 0 bridgehead atoms. The highest BCUT2D eigenvalue weighted by atomic mass is 32.1. The molecule has 0 aliphatic carbocycles. The second-order valence-corrected chi connectivity index (χ2v) is 7.21. The number of pyridine rings is 1. The van der Waals surface area contributed by atoms with Crippen molar-refractivity contribution in [2.24, 2.45) is 0 Å². The maximum atomic E-state index is 12.3. The summed E-state index contributed by atoms with van der Waals surface area (Å²) >= 11 is 1.39. The highest BCUT2D eigenvalue weighted by Gasteiger charge is 2.25. The number of carbonyl (C=O) groups is 1. The van der Waals surface area contributed by atoms with Gasteiger partial charge in [0.1, 0.15) is 29.0 Å². The number of rotatable bonds is 5. The number of hydrogen-bond acceptors (Lipinski definition) is 10. The van der Waals surface area contributed by atoms with Crippen molar-refractivity contribution in [3.63, 3.8) is 0 Å². The van der Waals surface area contributed by atoms with E-state index < -0.39 is 4.92 Å². The average molecular weight is 414 g/mol. The minimum Gasteiger partial charge on any atom is -0.462 e. The Balaban J connectivity index is 1.54. The molecule has 1 saturated heterocycles. The summed E-state index contributed by atoms with van der Waals surface area (Å²) in [5, 5.41) is 13.3. The molecule has 0 radical (unpaired) electrons. The Bertz CT molecular complexity index is 1050. The number of aromatic nitrogens is 3. The topological polar surface area (TPSA) is 115 Å².